The Bertz CT molecular complexity index is 661. The lowest BCUT2D eigenvalue weighted by Crippen LogP contribution is -2.18. The molecule has 0 atom stereocenters. The monoisotopic (exact) mass is 279 g/mol. The molecule has 0 spiro atoms. The van der Waals surface area contributed by atoms with Gasteiger partial charge < -0.3 is 10.2 Å². The van der Waals surface area contributed by atoms with E-state index in [-0.39, 0.29) is 0 Å². The van der Waals surface area contributed by atoms with Crippen molar-refractivity contribution in [2.75, 3.05) is 11.4 Å². The number of fused-ring (bicyclic) bond motifs is 1. The van der Waals surface area contributed by atoms with Crippen LogP contribution in [0.4, 0.5) is 11.5 Å². The van der Waals surface area contributed by atoms with Crippen molar-refractivity contribution in [3.63, 3.8) is 0 Å². The van der Waals surface area contributed by atoms with Crippen LogP contribution in [-0.4, -0.2) is 17.6 Å². The molecule has 1 aromatic heterocycles. The summed E-state index contributed by atoms with van der Waals surface area (Å²) in [5.41, 5.74) is 5.30. The lowest BCUT2D eigenvalue weighted by atomic mass is 10.1. The maximum absolute atomic E-state index is 4.74. The van der Waals surface area contributed by atoms with E-state index in [1.165, 1.54) is 35.2 Å². The van der Waals surface area contributed by atoms with Crippen LogP contribution in [0.15, 0.2) is 36.5 Å². The van der Waals surface area contributed by atoms with Crippen molar-refractivity contribution in [1.29, 1.82) is 0 Å². The predicted octanol–water partition coefficient (Wildman–Crippen LogP) is 3.34. The van der Waals surface area contributed by atoms with E-state index >= 15 is 0 Å². The summed E-state index contributed by atoms with van der Waals surface area (Å²) in [5.74, 6) is 1.11. The minimum Gasteiger partial charge on any atom is -0.326 e. The minimum absolute atomic E-state index is 0.746. The highest BCUT2D eigenvalue weighted by molar-refractivity contribution is 5.69. The molecule has 0 unspecified atom stereocenters. The van der Waals surface area contributed by atoms with Crippen LogP contribution in [0.1, 0.15) is 29.5 Å². The van der Waals surface area contributed by atoms with E-state index in [1.807, 2.05) is 6.20 Å². The van der Waals surface area contributed by atoms with Gasteiger partial charge in [0, 0.05) is 31.0 Å². The summed E-state index contributed by atoms with van der Waals surface area (Å²) >= 11 is 0. The van der Waals surface area contributed by atoms with Gasteiger partial charge in [0.25, 0.3) is 0 Å². The minimum atomic E-state index is 0.746. The van der Waals surface area contributed by atoms with Gasteiger partial charge in [-0.05, 0) is 55.0 Å². The van der Waals surface area contributed by atoms with E-state index in [9.17, 15) is 0 Å². The number of aryl methyl sites for hydroxylation is 1. The summed E-state index contributed by atoms with van der Waals surface area (Å²) in [6.45, 7) is 4.14. The number of hydrogen-bond donors (Lipinski definition) is 1. The summed E-state index contributed by atoms with van der Waals surface area (Å²) in [5, 5.41) is 3.55. The lowest BCUT2D eigenvalue weighted by Gasteiger charge is -2.21. The number of pyridine rings is 1. The molecule has 2 heterocycles. The predicted molar refractivity (Wildman–Crippen MR) is 86.0 cm³/mol. The molecule has 108 valence electrons. The molecule has 1 aliphatic heterocycles. The highest BCUT2D eigenvalue weighted by Gasteiger charge is 2.23. The number of nitrogens with one attached hydrogen (secondary N) is 1. The molecule has 1 fully saturated rings. The Morgan fingerprint density at radius 2 is 2.14 bits per heavy atom. The molecule has 1 aliphatic carbocycles. The van der Waals surface area contributed by atoms with E-state index in [0.29, 0.717) is 0 Å². The summed E-state index contributed by atoms with van der Waals surface area (Å²) < 4.78 is 0. The van der Waals surface area contributed by atoms with Crippen molar-refractivity contribution >= 4 is 11.5 Å². The van der Waals surface area contributed by atoms with Crippen molar-refractivity contribution in [3.8, 4) is 0 Å². The lowest BCUT2D eigenvalue weighted by molar-refractivity contribution is 0.685. The fraction of sp³-hybridized carbons (Fsp3) is 0.389. The van der Waals surface area contributed by atoms with E-state index in [0.717, 1.165) is 31.4 Å². The van der Waals surface area contributed by atoms with Crippen LogP contribution in [-0.2, 0) is 13.0 Å². The quantitative estimate of drug-likeness (QED) is 0.930. The van der Waals surface area contributed by atoms with E-state index in [1.54, 1.807) is 0 Å². The van der Waals surface area contributed by atoms with Gasteiger partial charge in [-0.3, -0.25) is 0 Å². The van der Waals surface area contributed by atoms with Crippen molar-refractivity contribution < 1.29 is 0 Å². The zero-order valence-electron chi connectivity index (χ0n) is 12.5. The molecular weight excluding hydrogens is 258 g/mol. The van der Waals surface area contributed by atoms with E-state index in [2.05, 4.69) is 47.5 Å². The average Bonchev–Trinajstić information content (AvgIpc) is 3.24. The van der Waals surface area contributed by atoms with E-state index < -0.39 is 0 Å². The molecule has 0 saturated heterocycles. The van der Waals surface area contributed by atoms with Gasteiger partial charge in [0.15, 0.2) is 0 Å². The Hall–Kier alpha value is -1.87. The van der Waals surface area contributed by atoms with Gasteiger partial charge in [0.2, 0.25) is 0 Å². The maximum Gasteiger partial charge on any atom is 0.135 e. The number of benzene rings is 1. The molecule has 21 heavy (non-hydrogen) atoms. The smallest absolute Gasteiger partial charge is 0.135 e. The first-order valence-electron chi connectivity index (χ1n) is 7.85. The first-order valence-corrected chi connectivity index (χ1v) is 7.85. The second kappa shape index (κ2) is 5.15. The van der Waals surface area contributed by atoms with Crippen LogP contribution in [0, 0.1) is 6.92 Å². The Morgan fingerprint density at radius 3 is 2.95 bits per heavy atom. The van der Waals surface area contributed by atoms with Gasteiger partial charge in [-0.1, -0.05) is 18.2 Å². The SMILES string of the molecule is Cc1cc(CNC2CC2)cnc1N1CCc2ccccc21. The highest BCUT2D eigenvalue weighted by Crippen LogP contribution is 2.34. The Balaban J connectivity index is 1.58. The summed E-state index contributed by atoms with van der Waals surface area (Å²) in [6.07, 6.45) is 5.80. The molecule has 1 N–H and O–H groups in total. The fourth-order valence-electron chi connectivity index (χ4n) is 3.11. The largest absolute Gasteiger partial charge is 0.326 e. The molecule has 2 aliphatic rings. The summed E-state index contributed by atoms with van der Waals surface area (Å²) in [4.78, 5) is 7.09. The van der Waals surface area contributed by atoms with Gasteiger partial charge in [0.05, 0.1) is 0 Å². The first kappa shape index (κ1) is 12.8. The third kappa shape index (κ3) is 2.54. The third-order valence-corrected chi connectivity index (χ3v) is 4.42. The van der Waals surface area contributed by atoms with Crippen molar-refractivity contribution in [1.82, 2.24) is 10.3 Å². The number of rotatable bonds is 4. The molecule has 3 heteroatoms. The Morgan fingerprint density at radius 1 is 1.29 bits per heavy atom. The van der Waals surface area contributed by atoms with Gasteiger partial charge in [-0.15, -0.1) is 0 Å². The zero-order chi connectivity index (χ0) is 14.2. The molecule has 0 radical (unpaired) electrons. The number of hydrogen-bond acceptors (Lipinski definition) is 3. The first-order chi connectivity index (χ1) is 10.3. The molecule has 4 rings (SSSR count). The molecule has 1 saturated carbocycles. The Kier molecular flexibility index (Phi) is 3.15. The van der Waals surface area contributed by atoms with Gasteiger partial charge in [0.1, 0.15) is 5.82 Å². The van der Waals surface area contributed by atoms with Crippen LogP contribution >= 0.6 is 0 Å². The Labute approximate surface area is 126 Å². The van der Waals surface area contributed by atoms with Crippen LogP contribution in [0.5, 0.6) is 0 Å². The molecule has 3 nitrogen and oxygen atoms in total. The van der Waals surface area contributed by atoms with Crippen LogP contribution in [0.25, 0.3) is 0 Å². The summed E-state index contributed by atoms with van der Waals surface area (Å²) in [7, 11) is 0. The molecule has 1 aromatic carbocycles. The highest BCUT2D eigenvalue weighted by atomic mass is 15.2. The van der Waals surface area contributed by atoms with Crippen molar-refractivity contribution in [3.05, 3.63) is 53.2 Å². The van der Waals surface area contributed by atoms with Crippen LogP contribution < -0.4 is 10.2 Å². The van der Waals surface area contributed by atoms with Gasteiger partial charge in [-0.2, -0.15) is 0 Å². The number of anilines is 2. The third-order valence-electron chi connectivity index (χ3n) is 4.42. The topological polar surface area (TPSA) is 28.2 Å². The second-order valence-electron chi connectivity index (χ2n) is 6.17. The molecular formula is C18H21N3. The van der Waals surface area contributed by atoms with Gasteiger partial charge >= 0.3 is 0 Å². The number of nitrogens with zero attached hydrogens (tertiary/aromatic N) is 2. The van der Waals surface area contributed by atoms with Crippen LogP contribution in [0.3, 0.4) is 0 Å². The normalized spacial score (nSPS) is 17.1. The van der Waals surface area contributed by atoms with Crippen molar-refractivity contribution in [2.24, 2.45) is 0 Å². The second-order valence-corrected chi connectivity index (χ2v) is 6.17. The number of aromatic nitrogens is 1. The van der Waals surface area contributed by atoms with Gasteiger partial charge in [-0.25, -0.2) is 4.98 Å². The summed E-state index contributed by atoms with van der Waals surface area (Å²) in [6, 6.07) is 11.7. The number of para-hydroxylation sites is 1. The molecule has 0 bridgehead atoms. The fourth-order valence-corrected chi connectivity index (χ4v) is 3.11. The van der Waals surface area contributed by atoms with E-state index in [4.69, 9.17) is 4.98 Å². The zero-order valence-corrected chi connectivity index (χ0v) is 12.5. The standard InChI is InChI=1S/C18H21N3/c1-13-10-14(11-19-16-6-7-16)12-20-18(13)21-9-8-15-4-2-3-5-17(15)21/h2-5,10,12,16,19H,6-9,11H2,1H3. The van der Waals surface area contributed by atoms with Crippen LogP contribution in [0.2, 0.25) is 0 Å². The van der Waals surface area contributed by atoms with Crippen molar-refractivity contribution in [2.45, 2.75) is 38.8 Å². The maximum atomic E-state index is 4.74. The molecule has 2 aromatic rings. The molecule has 0 amide bonds. The average molecular weight is 279 g/mol.